The normalized spacial score (nSPS) is 23.6. The largest absolute Gasteiger partial charge is 0.508 e. The number of aromatic amines is 3. The fourth-order valence-corrected chi connectivity index (χ4v) is 17.9. The molecule has 0 bridgehead atoms. The summed E-state index contributed by atoms with van der Waals surface area (Å²) in [5, 5.41) is 79.5. The number of aromatic nitrogens is 4. The van der Waals surface area contributed by atoms with Gasteiger partial charge in [0.05, 0.1) is 37.2 Å². The van der Waals surface area contributed by atoms with Crippen molar-refractivity contribution in [1.82, 2.24) is 108 Å². The highest BCUT2D eigenvalue weighted by molar-refractivity contribution is 8.00. The van der Waals surface area contributed by atoms with Crippen molar-refractivity contribution in [2.75, 3.05) is 65.4 Å². The highest BCUT2D eigenvalue weighted by Gasteiger charge is 2.46. The number of likely N-dealkylation sites (N-methyl/N-ethyl adjacent to an activating group) is 3. The Bertz CT molecular complexity index is 5440. The van der Waals surface area contributed by atoms with Gasteiger partial charge in [0.2, 0.25) is 94.5 Å². The fourth-order valence-electron chi connectivity index (χ4n) is 17.0. The minimum absolute atomic E-state index is 0.00303. The zero-order valence-corrected chi connectivity index (χ0v) is 79.7. The van der Waals surface area contributed by atoms with Crippen molar-refractivity contribution in [3.63, 3.8) is 0 Å². The maximum Gasteiger partial charge on any atom is 0.305 e. The van der Waals surface area contributed by atoms with Crippen LogP contribution in [0.3, 0.4) is 0 Å². The molecule has 16 amide bonds. The fraction of sp³-hybridized carbons (Fsp3) is 0.511. The number of thioether (sulfide) groups is 1. The summed E-state index contributed by atoms with van der Waals surface area (Å²) in [4.78, 5) is 283. The van der Waals surface area contributed by atoms with Gasteiger partial charge in [0.25, 0.3) is 0 Å². The van der Waals surface area contributed by atoms with Gasteiger partial charge in [-0.15, -0.1) is 11.8 Å². The predicted octanol–water partition coefficient (Wildman–Crippen LogP) is -2.60. The number of nitrogens with one attached hydrogen (secondary N) is 17. The maximum atomic E-state index is 15.9. The molecule has 3 aromatic heterocycles. The summed E-state index contributed by atoms with van der Waals surface area (Å²) in [5.41, 5.74) is 19.7. The van der Waals surface area contributed by atoms with E-state index in [1.165, 1.54) is 69.8 Å². The van der Waals surface area contributed by atoms with Crippen LogP contribution in [-0.2, 0) is 112 Å². The van der Waals surface area contributed by atoms with E-state index in [4.69, 9.17) is 28.0 Å². The van der Waals surface area contributed by atoms with E-state index in [-0.39, 0.29) is 134 Å². The van der Waals surface area contributed by atoms with Gasteiger partial charge in [-0.05, 0) is 112 Å². The second-order valence-electron chi connectivity index (χ2n) is 35.0. The molecule has 3 aromatic carbocycles. The molecule has 0 spiro atoms. The molecule has 47 nitrogen and oxygen atoms in total. The lowest BCUT2D eigenvalue weighted by Crippen LogP contribution is -2.61. The number of benzene rings is 3. The van der Waals surface area contributed by atoms with E-state index in [0.717, 1.165) is 19.6 Å². The Morgan fingerprint density at radius 2 is 0.943 bits per heavy atom. The topological polar surface area (TPSA) is 715 Å². The first kappa shape index (κ1) is 109. The minimum atomic E-state index is -2.03. The third-order valence-electron chi connectivity index (χ3n) is 24.7. The quantitative estimate of drug-likeness (QED) is 0.0130. The highest BCUT2D eigenvalue weighted by Crippen LogP contribution is 2.28. The van der Waals surface area contributed by atoms with Crippen LogP contribution in [0, 0.1) is 10.8 Å². The van der Waals surface area contributed by atoms with E-state index in [9.17, 15) is 63.3 Å². The molecule has 758 valence electrons. The molecule has 14 atom stereocenters. The zero-order chi connectivity index (χ0) is 102. The number of H-pyrrole nitrogens is 3. The molecular formula is C92H128N26O21S. The lowest BCUT2D eigenvalue weighted by molar-refractivity contribution is -0.149. The van der Waals surface area contributed by atoms with Crippen LogP contribution in [0.25, 0.3) is 21.8 Å². The molecule has 48 heteroatoms. The monoisotopic (exact) mass is 1960 g/mol. The van der Waals surface area contributed by atoms with Crippen LogP contribution in [0.2, 0.25) is 0 Å². The van der Waals surface area contributed by atoms with Gasteiger partial charge in [-0.25, -0.2) is 4.98 Å². The number of fused-ring (bicyclic) bond motifs is 4. The van der Waals surface area contributed by atoms with Crippen molar-refractivity contribution < 1.29 is 102 Å². The average molecular weight is 1970 g/mol. The maximum absolute atomic E-state index is 15.9. The van der Waals surface area contributed by atoms with Gasteiger partial charge < -0.3 is 136 Å². The first-order valence-electron chi connectivity index (χ1n) is 46.5. The van der Waals surface area contributed by atoms with Gasteiger partial charge in [0.15, 0.2) is 11.9 Å². The average Bonchev–Trinajstić information content (AvgIpc) is 1.56. The summed E-state index contributed by atoms with van der Waals surface area (Å²) >= 11 is 0.670. The molecule has 0 aliphatic carbocycles. The third-order valence-corrected chi connectivity index (χ3v) is 25.8. The number of carbonyl (C=O) groups is 18. The summed E-state index contributed by atoms with van der Waals surface area (Å²) in [6.07, 6.45) is 3.74. The van der Waals surface area contributed by atoms with Gasteiger partial charge in [-0.3, -0.25) is 97.1 Å². The number of carboxylic acid groups (broad SMARTS) is 2. The summed E-state index contributed by atoms with van der Waals surface area (Å²) < 4.78 is 0. The number of imidazole rings is 1. The van der Waals surface area contributed by atoms with Gasteiger partial charge in [0.1, 0.15) is 90.3 Å². The number of rotatable bonds is 29. The summed E-state index contributed by atoms with van der Waals surface area (Å²) in [6.45, 7) is 3.74. The number of carbonyl (C=O) groups excluding carboxylic acids is 16. The number of guanidine groups is 2. The van der Waals surface area contributed by atoms with Crippen LogP contribution in [0.4, 0.5) is 0 Å². The van der Waals surface area contributed by atoms with Crippen molar-refractivity contribution in [3.05, 3.63) is 120 Å². The van der Waals surface area contributed by atoms with E-state index in [2.05, 4.69) is 83.7 Å². The van der Waals surface area contributed by atoms with E-state index >= 15 is 38.4 Å². The Kier molecular flexibility index (Phi) is 40.9. The number of phenolic OH excluding ortho intramolecular Hbond substituents is 1. The van der Waals surface area contributed by atoms with Crippen LogP contribution in [0.1, 0.15) is 146 Å². The minimum Gasteiger partial charge on any atom is -0.508 e. The summed E-state index contributed by atoms with van der Waals surface area (Å²) in [7, 11) is 3.77. The summed E-state index contributed by atoms with van der Waals surface area (Å²) in [5.74, 6) is -21.1. The Labute approximate surface area is 810 Å². The van der Waals surface area contributed by atoms with Gasteiger partial charge >= 0.3 is 11.9 Å². The SMILES string of the molecule is CCCC[C@H]1C(=O)N(C)[C@@H](CCCC)C(=O)N[C@@H](CC(=O)O)C(=O)N[C@H](C(=O)NCC(N)=O)CSCC(=O)N[C@@H](Cc2ccc(O)cc2)C(=O)N(C)[C@@H](C)C(=O)N[C@@H](CC(=O)O)C(=O)N2CCC[C@H]2C(=O)N[C@@H](Cc2c[nH]cn2)C(=O)N[C@@H](CCCNC(=N)N)C(=O)N2CCCC2C(=O)N[C@@H](Cc2c[nH]c3ccccc23)C(=O)N[C@@H](CCCNC(=N)N)C(=O)N[C@@H](Cc2c[nH]c3ccccc23)C(=O)N1C. The molecule has 140 heavy (non-hydrogen) atoms. The number of hydrogen-bond donors (Lipinski definition) is 23. The van der Waals surface area contributed by atoms with Crippen molar-refractivity contribution in [1.29, 1.82) is 10.8 Å². The van der Waals surface area contributed by atoms with Crippen molar-refractivity contribution in [3.8, 4) is 5.75 Å². The number of carboxylic acids is 2. The Hall–Kier alpha value is -14.9. The van der Waals surface area contributed by atoms with Gasteiger partial charge in [-0.2, -0.15) is 0 Å². The Morgan fingerprint density at radius 1 is 0.479 bits per heavy atom. The molecule has 6 aromatic rings. The van der Waals surface area contributed by atoms with Gasteiger partial charge in [-0.1, -0.05) is 88.1 Å². The Balaban J connectivity index is 1.12. The lowest BCUT2D eigenvalue weighted by atomic mass is 9.99. The van der Waals surface area contributed by atoms with Crippen LogP contribution in [0.15, 0.2) is 97.7 Å². The molecule has 3 aliphatic rings. The number of nitrogens with two attached hydrogens (primary N) is 3. The van der Waals surface area contributed by atoms with Crippen LogP contribution in [-0.4, -0.2) is 328 Å². The number of primary amides is 1. The number of unbranched alkanes of at least 4 members (excludes halogenated alkanes) is 2. The second kappa shape index (κ2) is 52.6. The predicted molar refractivity (Wildman–Crippen MR) is 512 cm³/mol. The van der Waals surface area contributed by atoms with E-state index in [1.54, 1.807) is 67.8 Å². The number of hydrogen-bond acceptors (Lipinski definition) is 23. The second-order valence-corrected chi connectivity index (χ2v) is 36.0. The van der Waals surface area contributed by atoms with Crippen LogP contribution < -0.4 is 81.0 Å². The molecule has 26 N–H and O–H groups in total. The van der Waals surface area contributed by atoms with Gasteiger partial charge in [0, 0.05) is 119 Å². The Morgan fingerprint density at radius 3 is 1.49 bits per heavy atom. The van der Waals surface area contributed by atoms with Crippen LogP contribution >= 0.6 is 11.8 Å². The first-order chi connectivity index (χ1) is 66.7. The molecule has 3 aliphatic heterocycles. The lowest BCUT2D eigenvalue weighted by Gasteiger charge is -2.36. The smallest absolute Gasteiger partial charge is 0.305 e. The summed E-state index contributed by atoms with van der Waals surface area (Å²) in [6, 6.07) is -2.99. The third kappa shape index (κ3) is 31.1. The number of para-hydroxylation sites is 2. The number of aromatic hydroxyl groups is 1. The zero-order valence-electron chi connectivity index (χ0n) is 78.9. The van der Waals surface area contributed by atoms with E-state index in [0.29, 0.717) is 69.5 Å². The molecule has 1 unspecified atom stereocenters. The van der Waals surface area contributed by atoms with E-state index in [1.807, 2.05) is 6.92 Å². The highest BCUT2D eigenvalue weighted by atomic mass is 32.2. The first-order valence-corrected chi connectivity index (χ1v) is 47.6. The number of phenols is 1. The molecular weight excluding hydrogens is 1840 g/mol. The van der Waals surface area contributed by atoms with Crippen molar-refractivity contribution in [2.45, 2.75) is 234 Å². The molecule has 9 rings (SSSR count). The molecule has 0 saturated carbocycles. The van der Waals surface area contributed by atoms with Crippen molar-refractivity contribution >= 4 is 152 Å². The molecule has 3 fully saturated rings. The molecule has 3 saturated heterocycles. The number of aliphatic carboxylic acids is 2. The van der Waals surface area contributed by atoms with Crippen LogP contribution in [0.5, 0.6) is 5.75 Å². The molecule has 6 heterocycles. The van der Waals surface area contributed by atoms with Crippen molar-refractivity contribution in [2.24, 2.45) is 17.2 Å². The molecule has 0 radical (unpaired) electrons. The number of nitrogens with zero attached hydrogens (tertiary/aromatic N) is 6. The van der Waals surface area contributed by atoms with E-state index < -0.39 is 234 Å². The number of amides is 16. The standard InChI is InChI=1S/C92H128N26O21S/c1-7-9-25-69-83(132)110-64(41-75(122)123)82(131)113-68(78(127)103-46-73(93)120)47-140-48-74(121)105-65(37-51-29-31-55(119)32-30-51)86(135)114(4)50(3)77(126)111-67(42-76(124)125)89(138)118-36-18-28-71(118)85(134)109-63(40-54-45-98-49-104-54)81(130)107-61(24-16-34-100-92(96)97)88(137)117-35-17-27-70(117)84(133)108-62(38-52-43-101-58-21-13-11-19-56(52)58)80(129)106-60(23-15-33-99-91(94)95)79(128)112-66(39-53-44-102-59-22-14-12-20-57(53)59)87(136)116(6)72(26-10-8-2)90(139)115(69)5/h11-14,19-22,29-32,43-45,49-50,60-72,101-102,119H,7-10,15-18,23-28,33-42,46-48H2,1-6H3,(H2,93,120)(H,98,104)(H,103,127)(H,105,121)(H,106,129)(H,107,130)(H,108,133)(H,109,134)(H,110,132)(H,111,126)(H,112,128)(H,113,131)(H,122,123)(H,124,125)(H4,94,95,99)(H4,96,97,100)/t50-,60-,61-,62-,63-,64-,65-,66-,67-,68-,69-,70?,71-,72-/m0/s1.